The number of benzene rings is 3. The molecule has 1 aliphatic rings. The van der Waals surface area contributed by atoms with Crippen LogP contribution < -0.4 is 4.74 Å². The van der Waals surface area contributed by atoms with Gasteiger partial charge in [-0.1, -0.05) is 60.7 Å². The fraction of sp³-hybridized carbons (Fsp3) is 0.379. The third-order valence-corrected chi connectivity index (χ3v) is 9.01. The molecule has 0 spiro atoms. The molecule has 0 bridgehead atoms. The Balaban J connectivity index is 0.00000361. The molecule has 194 valence electrons. The van der Waals surface area contributed by atoms with E-state index in [0.29, 0.717) is 17.4 Å². The Labute approximate surface area is 222 Å². The molecule has 7 heteroatoms. The van der Waals surface area contributed by atoms with E-state index in [0.717, 1.165) is 37.4 Å². The van der Waals surface area contributed by atoms with Crippen LogP contribution in [-0.4, -0.2) is 58.0 Å². The molecule has 0 aliphatic carbocycles. The number of piperidine rings is 1. The maximum atomic E-state index is 13.2. The summed E-state index contributed by atoms with van der Waals surface area (Å²) in [7, 11) is -0.198. The number of methoxy groups -OCH3 is 1. The maximum Gasteiger partial charge on any atom is 0.242 e. The molecular formula is C29H37ClN2O3S. The van der Waals surface area contributed by atoms with Crippen LogP contribution in [-0.2, 0) is 10.0 Å². The Bertz CT molecular complexity index is 1150. The molecule has 0 saturated carbocycles. The van der Waals surface area contributed by atoms with Crippen LogP contribution in [0.15, 0.2) is 89.8 Å². The number of nitrogens with zero attached hydrogens (tertiary/aromatic N) is 2. The molecule has 0 unspecified atom stereocenters. The lowest BCUT2D eigenvalue weighted by Crippen LogP contribution is -2.36. The van der Waals surface area contributed by atoms with Crippen molar-refractivity contribution < 1.29 is 13.2 Å². The van der Waals surface area contributed by atoms with E-state index in [1.807, 2.05) is 18.2 Å². The van der Waals surface area contributed by atoms with Gasteiger partial charge in [0, 0.05) is 13.6 Å². The maximum absolute atomic E-state index is 13.2. The summed E-state index contributed by atoms with van der Waals surface area (Å²) < 4.78 is 33.2. The van der Waals surface area contributed by atoms with Gasteiger partial charge in [0.2, 0.25) is 10.0 Å². The zero-order chi connectivity index (χ0) is 24.7. The van der Waals surface area contributed by atoms with E-state index < -0.39 is 10.0 Å². The molecule has 0 amide bonds. The van der Waals surface area contributed by atoms with E-state index in [4.69, 9.17) is 4.74 Å². The summed E-state index contributed by atoms with van der Waals surface area (Å²) in [6.45, 7) is 3.54. The molecule has 1 saturated heterocycles. The Morgan fingerprint density at radius 1 is 0.917 bits per heavy atom. The van der Waals surface area contributed by atoms with Crippen molar-refractivity contribution in [3.8, 4) is 5.75 Å². The lowest BCUT2D eigenvalue weighted by atomic mass is 9.89. The van der Waals surface area contributed by atoms with E-state index in [9.17, 15) is 8.42 Å². The van der Waals surface area contributed by atoms with Crippen LogP contribution in [0.25, 0.3) is 0 Å². The number of hydrogen-bond donors (Lipinski definition) is 0. The van der Waals surface area contributed by atoms with Crippen molar-refractivity contribution in [1.29, 1.82) is 0 Å². The number of hydrogen-bond acceptors (Lipinski definition) is 4. The van der Waals surface area contributed by atoms with Crippen molar-refractivity contribution >= 4 is 22.4 Å². The van der Waals surface area contributed by atoms with Gasteiger partial charge in [0.15, 0.2) is 0 Å². The van der Waals surface area contributed by atoms with E-state index in [2.05, 4.69) is 47.4 Å². The van der Waals surface area contributed by atoms with Crippen LogP contribution in [0.1, 0.15) is 42.2 Å². The minimum Gasteiger partial charge on any atom is -0.497 e. The Morgan fingerprint density at radius 3 is 2.08 bits per heavy atom. The SMILES string of the molecule is COc1ccc([C@@H](CCN2CCC(c3ccccc3)CC2)CN(C)S(=O)(=O)c2ccccc2)cc1.Cl. The van der Waals surface area contributed by atoms with Crippen LogP contribution in [0.5, 0.6) is 5.75 Å². The van der Waals surface area contributed by atoms with Gasteiger partial charge in [-0.15, -0.1) is 12.4 Å². The highest BCUT2D eigenvalue weighted by atomic mass is 35.5. The summed E-state index contributed by atoms with van der Waals surface area (Å²) in [5.41, 5.74) is 2.58. The van der Waals surface area contributed by atoms with Gasteiger partial charge in [0.1, 0.15) is 5.75 Å². The number of rotatable bonds is 10. The van der Waals surface area contributed by atoms with Crippen molar-refractivity contribution in [2.24, 2.45) is 0 Å². The number of sulfonamides is 1. The topological polar surface area (TPSA) is 49.9 Å². The number of likely N-dealkylation sites (tertiary alicyclic amines) is 1. The summed E-state index contributed by atoms with van der Waals surface area (Å²) in [6.07, 6.45) is 3.23. The standard InChI is InChI=1S/C29H36N2O3S.ClH/c1-30(35(32,33)29-11-7-4-8-12-29)23-27(25-13-15-28(34-2)16-14-25)19-22-31-20-17-26(18-21-31)24-9-5-3-6-10-24;/h3-16,26-27H,17-23H2,1-2H3;1H/t27-;/m0./s1. The molecule has 0 radical (unpaired) electrons. The molecule has 0 aromatic heterocycles. The Hall–Kier alpha value is -2.38. The molecule has 1 aliphatic heterocycles. The molecule has 1 heterocycles. The first-order valence-corrected chi connectivity index (χ1v) is 13.8. The zero-order valence-corrected chi connectivity index (χ0v) is 22.8. The highest BCUT2D eigenvalue weighted by Gasteiger charge is 2.26. The van der Waals surface area contributed by atoms with E-state index >= 15 is 0 Å². The van der Waals surface area contributed by atoms with Crippen molar-refractivity contribution in [2.45, 2.75) is 36.0 Å². The van der Waals surface area contributed by atoms with Crippen molar-refractivity contribution in [2.75, 3.05) is 40.3 Å². The predicted molar refractivity (Wildman–Crippen MR) is 149 cm³/mol. The van der Waals surface area contributed by atoms with Gasteiger partial charge in [-0.25, -0.2) is 12.7 Å². The highest BCUT2D eigenvalue weighted by molar-refractivity contribution is 7.89. The van der Waals surface area contributed by atoms with Gasteiger partial charge in [-0.2, -0.15) is 0 Å². The van der Waals surface area contributed by atoms with E-state index in [-0.39, 0.29) is 18.3 Å². The molecule has 4 rings (SSSR count). The molecule has 0 N–H and O–H groups in total. The lowest BCUT2D eigenvalue weighted by molar-refractivity contribution is 0.203. The molecule has 36 heavy (non-hydrogen) atoms. The quantitative estimate of drug-likeness (QED) is 0.334. The number of likely N-dealkylation sites (N-methyl/N-ethyl adjacent to an activating group) is 1. The number of halogens is 1. The summed E-state index contributed by atoms with van der Waals surface area (Å²) >= 11 is 0. The van der Waals surface area contributed by atoms with Crippen LogP contribution in [0, 0.1) is 0 Å². The second-order valence-electron chi connectivity index (χ2n) is 9.38. The zero-order valence-electron chi connectivity index (χ0n) is 21.1. The third-order valence-electron chi connectivity index (χ3n) is 7.17. The minimum atomic E-state index is -3.54. The van der Waals surface area contributed by atoms with Gasteiger partial charge in [0.05, 0.1) is 12.0 Å². The average Bonchev–Trinajstić information content (AvgIpc) is 2.92. The first kappa shape index (κ1) is 28.2. The fourth-order valence-corrected chi connectivity index (χ4v) is 6.21. The monoisotopic (exact) mass is 528 g/mol. The van der Waals surface area contributed by atoms with Crippen LogP contribution in [0.2, 0.25) is 0 Å². The third kappa shape index (κ3) is 7.10. The van der Waals surface area contributed by atoms with E-state index in [1.165, 1.54) is 22.7 Å². The van der Waals surface area contributed by atoms with Gasteiger partial charge in [-0.3, -0.25) is 0 Å². The highest BCUT2D eigenvalue weighted by Crippen LogP contribution is 2.30. The summed E-state index contributed by atoms with van der Waals surface area (Å²) in [4.78, 5) is 2.86. The molecular weight excluding hydrogens is 492 g/mol. The molecule has 1 atom stereocenters. The minimum absolute atomic E-state index is 0. The molecule has 3 aromatic rings. The van der Waals surface area contributed by atoms with Gasteiger partial charge >= 0.3 is 0 Å². The second-order valence-corrected chi connectivity index (χ2v) is 11.4. The van der Waals surface area contributed by atoms with Gasteiger partial charge in [0.25, 0.3) is 0 Å². The Kier molecular flexibility index (Phi) is 10.4. The summed E-state index contributed by atoms with van der Waals surface area (Å²) in [5, 5.41) is 0. The Morgan fingerprint density at radius 2 is 1.50 bits per heavy atom. The van der Waals surface area contributed by atoms with Crippen LogP contribution >= 0.6 is 12.4 Å². The van der Waals surface area contributed by atoms with E-state index in [1.54, 1.807) is 38.4 Å². The average molecular weight is 529 g/mol. The van der Waals surface area contributed by atoms with Crippen LogP contribution in [0.4, 0.5) is 0 Å². The van der Waals surface area contributed by atoms with Gasteiger partial charge < -0.3 is 9.64 Å². The summed E-state index contributed by atoms with van der Waals surface area (Å²) in [5.74, 6) is 1.53. The van der Waals surface area contributed by atoms with Crippen LogP contribution in [0.3, 0.4) is 0 Å². The summed E-state index contributed by atoms with van der Waals surface area (Å²) in [6, 6.07) is 27.5. The smallest absolute Gasteiger partial charge is 0.242 e. The predicted octanol–water partition coefficient (Wildman–Crippen LogP) is 5.79. The van der Waals surface area contributed by atoms with Gasteiger partial charge in [-0.05, 0) is 86.1 Å². The number of ether oxygens (including phenoxy) is 1. The van der Waals surface area contributed by atoms with Crippen molar-refractivity contribution in [3.05, 3.63) is 96.1 Å². The molecule has 3 aromatic carbocycles. The van der Waals surface area contributed by atoms with Crippen molar-refractivity contribution in [3.63, 3.8) is 0 Å². The molecule has 5 nitrogen and oxygen atoms in total. The molecule has 1 fully saturated rings. The first-order valence-electron chi connectivity index (χ1n) is 12.4. The fourth-order valence-electron chi connectivity index (χ4n) is 4.97. The second kappa shape index (κ2) is 13.2. The largest absolute Gasteiger partial charge is 0.497 e. The first-order chi connectivity index (χ1) is 17.0. The lowest BCUT2D eigenvalue weighted by Gasteiger charge is -2.33. The van der Waals surface area contributed by atoms with Crippen molar-refractivity contribution in [1.82, 2.24) is 9.21 Å². The normalized spacial score (nSPS) is 15.9.